The van der Waals surface area contributed by atoms with E-state index >= 15 is 0 Å². The molecule has 1 aromatic carbocycles. The van der Waals surface area contributed by atoms with Crippen LogP contribution in [-0.4, -0.2) is 221 Å². The lowest BCUT2D eigenvalue weighted by Gasteiger charge is -2.44. The van der Waals surface area contributed by atoms with Gasteiger partial charge in [-0.2, -0.15) is 5.26 Å². The molecule has 4 heterocycles. The highest BCUT2D eigenvalue weighted by atomic mass is 19.3. The minimum absolute atomic E-state index is 0.0216. The normalized spacial score (nSPS) is 19.4. The molecule has 2 aromatic rings. The van der Waals surface area contributed by atoms with E-state index in [9.17, 15) is 62.9 Å². The fourth-order valence-electron chi connectivity index (χ4n) is 9.17. The van der Waals surface area contributed by atoms with Crippen LogP contribution in [0.2, 0.25) is 0 Å². The van der Waals surface area contributed by atoms with Crippen molar-refractivity contribution in [2.45, 2.75) is 74.9 Å². The molecule has 0 radical (unpaired) electrons. The van der Waals surface area contributed by atoms with E-state index in [2.05, 4.69) is 15.6 Å². The second-order valence-electron chi connectivity index (χ2n) is 17.9. The fourth-order valence-corrected chi connectivity index (χ4v) is 9.17. The second kappa shape index (κ2) is 24.3. The Morgan fingerprint density at radius 1 is 0.882 bits per heavy atom. The number of fused-ring (bicyclic) bond motifs is 1. The molecule has 0 aliphatic carbocycles. The lowest BCUT2D eigenvalue weighted by Crippen LogP contribution is -2.59. The number of nitrogens with zero attached hydrogens (tertiary/aromatic N) is 8. The molecule has 3 saturated heterocycles. The summed E-state index contributed by atoms with van der Waals surface area (Å²) in [6.07, 6.45) is 4.27. The van der Waals surface area contributed by atoms with E-state index < -0.39 is 66.7 Å². The molecule has 5 rings (SSSR count). The Morgan fingerprint density at radius 2 is 1.59 bits per heavy atom. The Kier molecular flexibility index (Phi) is 18.9. The number of aliphatic carboxylic acids is 3. The molecule has 2 atom stereocenters. The molecule has 68 heavy (non-hydrogen) atoms. The van der Waals surface area contributed by atoms with Gasteiger partial charge in [-0.05, 0) is 70.5 Å². The SMILES string of the molecule is CN(CC(=O)NCCCCOc1ccc2nccc(C(=O)NCC(=O)N3CC(F)(F)CC3C#N)c2c1)C1CCN(C(=O)CCCCC2(N(C)CC(=O)O)CN(CC(=O)O)CCN(CC(=O)O)C2)C1. The smallest absolute Gasteiger partial charge is 0.317 e. The summed E-state index contributed by atoms with van der Waals surface area (Å²) >= 11 is 0. The highest BCUT2D eigenvalue weighted by Crippen LogP contribution is 2.32. The number of carboxylic acid groups (broad SMARTS) is 3. The molecule has 0 bridgehead atoms. The summed E-state index contributed by atoms with van der Waals surface area (Å²) in [6, 6.07) is 6.89. The molecule has 1 aromatic heterocycles. The van der Waals surface area contributed by atoms with Crippen molar-refractivity contribution in [2.75, 3.05) is 106 Å². The molecule has 4 amide bonds. The maximum atomic E-state index is 13.8. The summed E-state index contributed by atoms with van der Waals surface area (Å²) < 4.78 is 33.5. The number of benzene rings is 1. The Labute approximate surface area is 392 Å². The number of pyridine rings is 1. The molecular weight excluding hydrogens is 895 g/mol. The highest BCUT2D eigenvalue weighted by Gasteiger charge is 2.47. The minimum Gasteiger partial charge on any atom is -0.494 e. The standard InChI is InChI=1S/C45H62F2N10O11/c1-52(31-11-15-56(23-31)38(59)7-3-4-12-44(53(2)25-40(61)62)28-54(26-41(63)64)16-17-55(29-44)27-42(65)66)24-37(58)50-13-5-6-18-68-33-8-9-36-35(19-33)34(10-14-49-36)43(67)51-22-39(60)57-30-45(46,47)20-32(57)21-48/h8-10,14,19,31-32H,3-7,11-13,15-18,20,22-30H2,1-2H3,(H,50,58)(H,51,67)(H,61,62)(H,63,64)(H,65,66). The van der Waals surface area contributed by atoms with E-state index in [1.807, 2.05) is 11.9 Å². The van der Waals surface area contributed by atoms with E-state index in [0.29, 0.717) is 94.5 Å². The molecule has 23 heteroatoms. The molecule has 372 valence electrons. The largest absolute Gasteiger partial charge is 0.494 e. The van der Waals surface area contributed by atoms with Gasteiger partial charge in [-0.3, -0.25) is 58.1 Å². The van der Waals surface area contributed by atoms with E-state index in [1.54, 1.807) is 50.9 Å². The zero-order valence-electron chi connectivity index (χ0n) is 38.5. The van der Waals surface area contributed by atoms with Gasteiger partial charge in [0.15, 0.2) is 0 Å². The minimum atomic E-state index is -3.17. The summed E-state index contributed by atoms with van der Waals surface area (Å²) in [5.74, 6) is -7.48. The van der Waals surface area contributed by atoms with Crippen LogP contribution in [0.4, 0.5) is 8.78 Å². The quantitative estimate of drug-likeness (QED) is 0.0904. The van der Waals surface area contributed by atoms with Crippen LogP contribution >= 0.6 is 0 Å². The molecule has 0 saturated carbocycles. The maximum absolute atomic E-state index is 13.8. The predicted octanol–water partition coefficient (Wildman–Crippen LogP) is 0.635. The van der Waals surface area contributed by atoms with Crippen molar-refractivity contribution in [3.05, 3.63) is 36.0 Å². The lowest BCUT2D eigenvalue weighted by molar-refractivity contribution is -0.142. The number of halogens is 2. The van der Waals surface area contributed by atoms with Gasteiger partial charge in [-0.25, -0.2) is 8.78 Å². The zero-order valence-corrected chi connectivity index (χ0v) is 38.5. The van der Waals surface area contributed by atoms with Gasteiger partial charge < -0.3 is 40.5 Å². The van der Waals surface area contributed by atoms with E-state index in [0.717, 1.165) is 4.90 Å². The van der Waals surface area contributed by atoms with Crippen LogP contribution in [0.3, 0.4) is 0 Å². The van der Waals surface area contributed by atoms with Crippen LogP contribution in [-0.2, 0) is 28.8 Å². The van der Waals surface area contributed by atoms with Crippen molar-refractivity contribution in [1.29, 1.82) is 5.26 Å². The van der Waals surface area contributed by atoms with Gasteiger partial charge in [0.2, 0.25) is 17.7 Å². The molecule has 3 aliphatic heterocycles. The van der Waals surface area contributed by atoms with Crippen molar-refractivity contribution in [2.24, 2.45) is 0 Å². The number of unbranched alkanes of at least 4 members (excludes halogenated alkanes) is 2. The number of rotatable bonds is 24. The zero-order chi connectivity index (χ0) is 49.6. The average molecular weight is 957 g/mol. The number of amides is 4. The number of hydrogen-bond acceptors (Lipinski definition) is 14. The Hall–Kier alpha value is -6.09. The van der Waals surface area contributed by atoms with E-state index in [-0.39, 0.29) is 69.1 Å². The Balaban J connectivity index is 1.00. The number of alkyl halides is 2. The van der Waals surface area contributed by atoms with Crippen molar-refractivity contribution >= 4 is 52.4 Å². The summed E-state index contributed by atoms with van der Waals surface area (Å²) in [5, 5.41) is 43.7. The first-order valence-electron chi connectivity index (χ1n) is 22.7. The average Bonchev–Trinajstić information content (AvgIpc) is 3.86. The number of nitrogens with one attached hydrogen (secondary N) is 2. The van der Waals surface area contributed by atoms with Crippen molar-refractivity contribution in [1.82, 2.24) is 45.0 Å². The number of likely N-dealkylation sites (N-methyl/N-ethyl adjacent to an activating group) is 2. The van der Waals surface area contributed by atoms with E-state index in [4.69, 9.17) is 4.74 Å². The Bertz CT molecular complexity index is 2170. The molecule has 5 N–H and O–H groups in total. The van der Waals surface area contributed by atoms with Gasteiger partial charge in [-0.1, -0.05) is 6.42 Å². The molecule has 21 nitrogen and oxygen atoms in total. The second-order valence-corrected chi connectivity index (χ2v) is 17.9. The third-order valence-electron chi connectivity index (χ3n) is 12.7. The van der Waals surface area contributed by atoms with E-state index in [1.165, 1.54) is 12.3 Å². The molecule has 3 fully saturated rings. The topological polar surface area (TPSA) is 270 Å². The third-order valence-corrected chi connectivity index (χ3v) is 12.7. The first-order chi connectivity index (χ1) is 32.3. The monoisotopic (exact) mass is 956 g/mol. The van der Waals surface area contributed by atoms with Gasteiger partial charge in [-0.15, -0.1) is 0 Å². The van der Waals surface area contributed by atoms with Gasteiger partial charge in [0.05, 0.1) is 63.0 Å². The molecule has 0 spiro atoms. The van der Waals surface area contributed by atoms with Crippen molar-refractivity contribution in [3.63, 3.8) is 0 Å². The lowest BCUT2D eigenvalue weighted by atomic mass is 9.88. The van der Waals surface area contributed by atoms with Gasteiger partial charge in [0, 0.05) is 81.8 Å². The first-order valence-corrected chi connectivity index (χ1v) is 22.7. The van der Waals surface area contributed by atoms with Crippen LogP contribution in [0.1, 0.15) is 61.7 Å². The number of carbonyl (C=O) groups is 7. The van der Waals surface area contributed by atoms with Crippen molar-refractivity contribution < 1.29 is 62.4 Å². The maximum Gasteiger partial charge on any atom is 0.317 e. The van der Waals surface area contributed by atoms with Crippen LogP contribution in [0, 0.1) is 11.3 Å². The first kappa shape index (κ1) is 52.9. The molecule has 2 unspecified atom stereocenters. The third kappa shape index (κ3) is 15.2. The summed E-state index contributed by atoms with van der Waals surface area (Å²) in [7, 11) is 3.48. The van der Waals surface area contributed by atoms with Crippen LogP contribution in [0.5, 0.6) is 5.75 Å². The number of likely N-dealkylation sites (tertiary alicyclic amines) is 2. The number of nitriles is 1. The summed E-state index contributed by atoms with van der Waals surface area (Å²) in [4.78, 5) is 101. The fraction of sp³-hybridized carbons (Fsp3) is 0.622. The van der Waals surface area contributed by atoms with Crippen molar-refractivity contribution in [3.8, 4) is 11.8 Å². The number of carboxylic acids is 3. The summed E-state index contributed by atoms with van der Waals surface area (Å²) in [5.41, 5.74) is -0.185. The van der Waals surface area contributed by atoms with Crippen LogP contribution < -0.4 is 15.4 Å². The van der Waals surface area contributed by atoms with Gasteiger partial charge in [0.1, 0.15) is 11.8 Å². The summed E-state index contributed by atoms with van der Waals surface area (Å²) in [6.45, 7) is 0.598. The Morgan fingerprint density at radius 3 is 2.25 bits per heavy atom. The molecule has 3 aliphatic rings. The number of ether oxygens (including phenoxy) is 1. The van der Waals surface area contributed by atoms with Gasteiger partial charge >= 0.3 is 17.9 Å². The van der Waals surface area contributed by atoms with Crippen LogP contribution in [0.15, 0.2) is 30.5 Å². The molecular formula is C45H62F2N10O11. The number of hydrogen-bond donors (Lipinski definition) is 5. The number of carbonyl (C=O) groups excluding carboxylic acids is 4. The van der Waals surface area contributed by atoms with Gasteiger partial charge in [0.25, 0.3) is 11.8 Å². The highest BCUT2D eigenvalue weighted by molar-refractivity contribution is 6.07. The van der Waals surface area contributed by atoms with Crippen LogP contribution in [0.25, 0.3) is 10.9 Å². The number of aromatic nitrogens is 1. The predicted molar refractivity (Wildman–Crippen MR) is 240 cm³/mol.